The summed E-state index contributed by atoms with van der Waals surface area (Å²) in [4.78, 5) is 13.9. The van der Waals surface area contributed by atoms with Crippen molar-refractivity contribution in [2.45, 2.75) is 18.4 Å². The standard InChI is InChI=1S/C13H14F2N2O.ClH/c14-10-5-9(6-11(15)7-10)12(18)17-4-3-16-13(8-17)1-2-13;/h5-7,16H,1-4,8H2;1H. The Balaban J connectivity index is 0.00000133. The number of hydrogen-bond donors (Lipinski definition) is 1. The fourth-order valence-electron chi connectivity index (χ4n) is 2.48. The zero-order valence-corrected chi connectivity index (χ0v) is 11.1. The first-order valence-corrected chi connectivity index (χ1v) is 6.08. The molecule has 0 atom stereocenters. The molecule has 1 N–H and O–H groups in total. The maximum atomic E-state index is 13.1. The van der Waals surface area contributed by atoms with Crippen molar-refractivity contribution in [1.82, 2.24) is 10.2 Å². The second-order valence-electron chi connectivity index (χ2n) is 5.09. The maximum Gasteiger partial charge on any atom is 0.254 e. The van der Waals surface area contributed by atoms with Crippen molar-refractivity contribution in [3.05, 3.63) is 35.4 Å². The quantitative estimate of drug-likeness (QED) is 0.857. The molecule has 1 aromatic rings. The van der Waals surface area contributed by atoms with Crippen molar-refractivity contribution < 1.29 is 13.6 Å². The molecular formula is C13H15ClF2N2O. The van der Waals surface area contributed by atoms with Gasteiger partial charge in [-0.05, 0) is 25.0 Å². The van der Waals surface area contributed by atoms with Gasteiger partial charge >= 0.3 is 0 Å². The third kappa shape index (κ3) is 2.87. The Bertz CT molecular complexity index is 485. The van der Waals surface area contributed by atoms with Crippen molar-refractivity contribution in [2.24, 2.45) is 0 Å². The molecule has 1 aromatic carbocycles. The minimum Gasteiger partial charge on any atom is -0.336 e. The van der Waals surface area contributed by atoms with Crippen LogP contribution in [0, 0.1) is 11.6 Å². The molecule has 1 amide bonds. The monoisotopic (exact) mass is 288 g/mol. The van der Waals surface area contributed by atoms with Crippen LogP contribution in [-0.2, 0) is 0 Å². The molecule has 0 radical (unpaired) electrons. The predicted octanol–water partition coefficient (Wildman–Crippen LogP) is 1.96. The van der Waals surface area contributed by atoms with Crippen molar-refractivity contribution in [3.8, 4) is 0 Å². The van der Waals surface area contributed by atoms with E-state index < -0.39 is 11.6 Å². The molecule has 1 aliphatic carbocycles. The van der Waals surface area contributed by atoms with E-state index in [2.05, 4.69) is 5.32 Å². The Morgan fingerprint density at radius 3 is 2.42 bits per heavy atom. The molecule has 0 bridgehead atoms. The zero-order valence-electron chi connectivity index (χ0n) is 10.3. The highest BCUT2D eigenvalue weighted by Gasteiger charge is 2.46. The molecule has 6 heteroatoms. The van der Waals surface area contributed by atoms with Gasteiger partial charge in [-0.15, -0.1) is 12.4 Å². The van der Waals surface area contributed by atoms with Gasteiger partial charge in [0.2, 0.25) is 0 Å². The number of piperazine rings is 1. The SMILES string of the molecule is Cl.O=C(c1cc(F)cc(F)c1)N1CCNC2(CC2)C1. The summed E-state index contributed by atoms with van der Waals surface area (Å²) in [6.45, 7) is 1.95. The number of halogens is 3. The Labute approximate surface area is 116 Å². The van der Waals surface area contributed by atoms with E-state index in [4.69, 9.17) is 0 Å². The van der Waals surface area contributed by atoms with Gasteiger partial charge < -0.3 is 10.2 Å². The average Bonchev–Trinajstić information content (AvgIpc) is 3.06. The molecule has 104 valence electrons. The van der Waals surface area contributed by atoms with Crippen LogP contribution in [0.4, 0.5) is 8.78 Å². The molecule has 1 spiro atoms. The Hall–Kier alpha value is -1.20. The highest BCUT2D eigenvalue weighted by molar-refractivity contribution is 5.94. The van der Waals surface area contributed by atoms with Gasteiger partial charge in [0.05, 0.1) is 0 Å². The van der Waals surface area contributed by atoms with Gasteiger partial charge in [0.1, 0.15) is 11.6 Å². The van der Waals surface area contributed by atoms with Gasteiger partial charge in [-0.2, -0.15) is 0 Å². The number of hydrogen-bond acceptors (Lipinski definition) is 2. The Morgan fingerprint density at radius 1 is 1.21 bits per heavy atom. The lowest BCUT2D eigenvalue weighted by atomic mass is 10.1. The van der Waals surface area contributed by atoms with E-state index >= 15 is 0 Å². The highest BCUT2D eigenvalue weighted by Crippen LogP contribution is 2.37. The van der Waals surface area contributed by atoms with Crippen LogP contribution < -0.4 is 5.32 Å². The van der Waals surface area contributed by atoms with Gasteiger partial charge in [0.25, 0.3) is 5.91 Å². The van der Waals surface area contributed by atoms with E-state index in [0.29, 0.717) is 13.1 Å². The summed E-state index contributed by atoms with van der Waals surface area (Å²) in [6, 6.07) is 2.96. The fourth-order valence-corrected chi connectivity index (χ4v) is 2.48. The number of carbonyl (C=O) groups excluding carboxylic acids is 1. The molecule has 1 aliphatic heterocycles. The predicted molar refractivity (Wildman–Crippen MR) is 69.5 cm³/mol. The summed E-state index contributed by atoms with van der Waals surface area (Å²) in [6.07, 6.45) is 2.13. The molecule has 19 heavy (non-hydrogen) atoms. The molecule has 3 rings (SSSR count). The number of rotatable bonds is 1. The van der Waals surface area contributed by atoms with E-state index in [-0.39, 0.29) is 29.4 Å². The van der Waals surface area contributed by atoms with Crippen molar-refractivity contribution in [1.29, 1.82) is 0 Å². The number of nitrogens with one attached hydrogen (secondary N) is 1. The van der Waals surface area contributed by atoms with Crippen molar-refractivity contribution in [3.63, 3.8) is 0 Å². The van der Waals surface area contributed by atoms with E-state index in [1.54, 1.807) is 4.90 Å². The Morgan fingerprint density at radius 2 is 1.84 bits per heavy atom. The summed E-state index contributed by atoms with van der Waals surface area (Å²) in [7, 11) is 0. The number of benzene rings is 1. The Kier molecular flexibility index (Phi) is 3.78. The van der Waals surface area contributed by atoms with Gasteiger partial charge in [-0.1, -0.05) is 0 Å². The summed E-state index contributed by atoms with van der Waals surface area (Å²) in [5, 5.41) is 3.39. The maximum absolute atomic E-state index is 13.1. The fraction of sp³-hybridized carbons (Fsp3) is 0.462. The summed E-state index contributed by atoms with van der Waals surface area (Å²) >= 11 is 0. The summed E-state index contributed by atoms with van der Waals surface area (Å²) in [5.41, 5.74) is 0.157. The number of nitrogens with zero attached hydrogens (tertiary/aromatic N) is 1. The minimum absolute atomic E-state index is 0. The minimum atomic E-state index is -0.713. The van der Waals surface area contributed by atoms with Crippen molar-refractivity contribution >= 4 is 18.3 Å². The third-order valence-electron chi connectivity index (χ3n) is 3.63. The number of carbonyl (C=O) groups is 1. The largest absolute Gasteiger partial charge is 0.336 e. The molecule has 0 aromatic heterocycles. The van der Waals surface area contributed by atoms with Crippen LogP contribution in [0.1, 0.15) is 23.2 Å². The van der Waals surface area contributed by atoms with Crippen LogP contribution in [0.2, 0.25) is 0 Å². The molecular weight excluding hydrogens is 274 g/mol. The lowest BCUT2D eigenvalue weighted by Crippen LogP contribution is -2.54. The van der Waals surface area contributed by atoms with Crippen LogP contribution in [0.25, 0.3) is 0 Å². The normalized spacial score (nSPS) is 20.0. The summed E-state index contributed by atoms with van der Waals surface area (Å²) in [5.74, 6) is -1.72. The second kappa shape index (κ2) is 5.06. The van der Waals surface area contributed by atoms with E-state index in [1.165, 1.54) is 0 Å². The van der Waals surface area contributed by atoms with Crippen LogP contribution in [0.5, 0.6) is 0 Å². The van der Waals surface area contributed by atoms with Crippen LogP contribution >= 0.6 is 12.4 Å². The molecule has 2 aliphatic rings. The molecule has 1 heterocycles. The first kappa shape index (κ1) is 14.2. The molecule has 0 unspecified atom stereocenters. The topological polar surface area (TPSA) is 32.3 Å². The zero-order chi connectivity index (χ0) is 12.8. The van der Waals surface area contributed by atoms with E-state index in [9.17, 15) is 13.6 Å². The second-order valence-corrected chi connectivity index (χ2v) is 5.09. The van der Waals surface area contributed by atoms with Gasteiger partial charge in [0, 0.05) is 36.8 Å². The van der Waals surface area contributed by atoms with Gasteiger partial charge in [-0.3, -0.25) is 4.79 Å². The lowest BCUT2D eigenvalue weighted by molar-refractivity contribution is 0.0690. The van der Waals surface area contributed by atoms with Crippen molar-refractivity contribution in [2.75, 3.05) is 19.6 Å². The molecule has 3 nitrogen and oxygen atoms in total. The van der Waals surface area contributed by atoms with Crippen LogP contribution in [-0.4, -0.2) is 36.0 Å². The third-order valence-corrected chi connectivity index (χ3v) is 3.63. The van der Waals surface area contributed by atoms with Crippen LogP contribution in [0.3, 0.4) is 0 Å². The van der Waals surface area contributed by atoms with Gasteiger partial charge in [0.15, 0.2) is 0 Å². The smallest absolute Gasteiger partial charge is 0.254 e. The first-order valence-electron chi connectivity index (χ1n) is 6.08. The molecule has 1 saturated heterocycles. The van der Waals surface area contributed by atoms with E-state index in [0.717, 1.165) is 37.6 Å². The van der Waals surface area contributed by atoms with E-state index in [1.807, 2.05) is 0 Å². The van der Waals surface area contributed by atoms with Crippen LogP contribution in [0.15, 0.2) is 18.2 Å². The average molecular weight is 289 g/mol. The number of amides is 1. The lowest BCUT2D eigenvalue weighted by Gasteiger charge is -2.34. The first-order chi connectivity index (χ1) is 8.58. The molecule has 2 fully saturated rings. The van der Waals surface area contributed by atoms with Gasteiger partial charge in [-0.25, -0.2) is 8.78 Å². The highest BCUT2D eigenvalue weighted by atomic mass is 35.5. The molecule has 1 saturated carbocycles. The summed E-state index contributed by atoms with van der Waals surface area (Å²) < 4.78 is 26.2.